The van der Waals surface area contributed by atoms with Gasteiger partial charge < -0.3 is 10.6 Å². The Kier molecular flexibility index (Phi) is 3.72. The maximum absolute atomic E-state index is 5.53. The van der Waals surface area contributed by atoms with E-state index in [0.29, 0.717) is 6.54 Å². The minimum absolute atomic E-state index is 0.509. The van der Waals surface area contributed by atoms with Gasteiger partial charge in [-0.15, -0.1) is 0 Å². The van der Waals surface area contributed by atoms with Crippen LogP contribution in [0.3, 0.4) is 0 Å². The molecule has 0 saturated heterocycles. The minimum Gasteiger partial charge on any atom is -0.341 e. The van der Waals surface area contributed by atoms with Crippen LogP contribution in [0.25, 0.3) is 0 Å². The van der Waals surface area contributed by atoms with Crippen LogP contribution in [0.5, 0.6) is 0 Å². The van der Waals surface area contributed by atoms with Gasteiger partial charge in [0.25, 0.3) is 0 Å². The summed E-state index contributed by atoms with van der Waals surface area (Å²) in [6.07, 6.45) is 7.75. The van der Waals surface area contributed by atoms with Crippen LogP contribution in [0.2, 0.25) is 0 Å². The summed E-state index contributed by atoms with van der Waals surface area (Å²) in [4.78, 5) is 11.0. The number of hydrogen-bond acceptors (Lipinski definition) is 4. The highest BCUT2D eigenvalue weighted by Gasteiger charge is 2.21. The molecule has 16 heavy (non-hydrogen) atoms. The van der Waals surface area contributed by atoms with Crippen molar-refractivity contribution in [2.24, 2.45) is 11.7 Å². The number of rotatable bonds is 5. The number of anilines is 1. The second-order valence-corrected chi connectivity index (χ2v) is 4.43. The summed E-state index contributed by atoms with van der Waals surface area (Å²) in [5.74, 6) is 1.68. The van der Waals surface area contributed by atoms with Crippen LogP contribution in [0.4, 0.5) is 5.95 Å². The Balaban J connectivity index is 2.00. The molecular formula is C12H20N4. The largest absolute Gasteiger partial charge is 0.341 e. The molecule has 0 aliphatic heterocycles. The van der Waals surface area contributed by atoms with Gasteiger partial charge in [-0.05, 0) is 25.7 Å². The first kappa shape index (κ1) is 11.3. The normalized spacial score (nSPS) is 15.9. The molecule has 1 aliphatic rings. The van der Waals surface area contributed by atoms with E-state index in [9.17, 15) is 0 Å². The van der Waals surface area contributed by atoms with Gasteiger partial charge in [-0.25, -0.2) is 9.97 Å². The predicted octanol–water partition coefficient (Wildman–Crippen LogP) is 1.56. The highest BCUT2D eigenvalue weighted by Crippen LogP contribution is 2.27. The molecule has 4 heteroatoms. The molecule has 2 rings (SSSR count). The molecule has 0 radical (unpaired) electrons. The summed E-state index contributed by atoms with van der Waals surface area (Å²) in [6.45, 7) is 4.73. The Hall–Kier alpha value is -1.16. The third kappa shape index (κ3) is 2.50. The second-order valence-electron chi connectivity index (χ2n) is 4.43. The van der Waals surface area contributed by atoms with E-state index in [1.54, 1.807) is 0 Å². The Bertz CT molecular complexity index is 318. The van der Waals surface area contributed by atoms with Gasteiger partial charge in [0.1, 0.15) is 0 Å². The minimum atomic E-state index is 0.509. The fourth-order valence-electron chi connectivity index (χ4n) is 1.96. The lowest BCUT2D eigenvalue weighted by Crippen LogP contribution is -2.33. The number of hydrogen-bond donors (Lipinski definition) is 1. The van der Waals surface area contributed by atoms with Crippen LogP contribution in [0.15, 0.2) is 12.4 Å². The van der Waals surface area contributed by atoms with Crippen molar-refractivity contribution in [3.63, 3.8) is 0 Å². The summed E-state index contributed by atoms with van der Waals surface area (Å²) in [7, 11) is 0. The average Bonchev–Trinajstić information content (AvgIpc) is 2.28. The van der Waals surface area contributed by atoms with Crippen molar-refractivity contribution >= 4 is 5.95 Å². The molecule has 1 aliphatic carbocycles. The summed E-state index contributed by atoms with van der Waals surface area (Å²) in [5.41, 5.74) is 6.52. The zero-order chi connectivity index (χ0) is 11.4. The van der Waals surface area contributed by atoms with Gasteiger partial charge >= 0.3 is 0 Å². The third-order valence-electron chi connectivity index (χ3n) is 3.30. The highest BCUT2D eigenvalue weighted by atomic mass is 15.2. The van der Waals surface area contributed by atoms with E-state index in [4.69, 9.17) is 5.73 Å². The second kappa shape index (κ2) is 5.25. The molecule has 2 N–H and O–H groups in total. The molecule has 88 valence electrons. The van der Waals surface area contributed by atoms with Gasteiger partial charge in [0.2, 0.25) is 5.95 Å². The molecule has 1 saturated carbocycles. The van der Waals surface area contributed by atoms with E-state index in [1.165, 1.54) is 19.3 Å². The van der Waals surface area contributed by atoms with Crippen LogP contribution < -0.4 is 10.6 Å². The molecule has 0 spiro atoms. The molecule has 0 amide bonds. The molecule has 0 atom stereocenters. The number of nitrogens with zero attached hydrogens (tertiary/aromatic N) is 3. The first-order valence-corrected chi connectivity index (χ1v) is 6.09. The van der Waals surface area contributed by atoms with Crippen LogP contribution in [0, 0.1) is 5.92 Å². The number of nitrogens with two attached hydrogens (primary N) is 1. The van der Waals surface area contributed by atoms with Crippen LogP contribution >= 0.6 is 0 Å². The monoisotopic (exact) mass is 220 g/mol. The molecule has 1 heterocycles. The van der Waals surface area contributed by atoms with Gasteiger partial charge in [-0.3, -0.25) is 0 Å². The van der Waals surface area contributed by atoms with E-state index in [1.807, 2.05) is 12.4 Å². The van der Waals surface area contributed by atoms with Gasteiger partial charge in [0.05, 0.1) is 0 Å². The van der Waals surface area contributed by atoms with Gasteiger partial charge in [-0.2, -0.15) is 0 Å². The van der Waals surface area contributed by atoms with Gasteiger partial charge in [0.15, 0.2) is 0 Å². The van der Waals surface area contributed by atoms with E-state index >= 15 is 0 Å². The summed E-state index contributed by atoms with van der Waals surface area (Å²) >= 11 is 0. The van der Waals surface area contributed by atoms with E-state index < -0.39 is 0 Å². The standard InChI is InChI=1S/C12H20N4/c1-2-16(9-10-4-3-5-10)12-14-7-11(6-13)8-15-12/h7-8,10H,2-6,9,13H2,1H3. The Labute approximate surface area is 96.9 Å². The average molecular weight is 220 g/mol. The van der Waals surface area contributed by atoms with Crippen molar-refractivity contribution in [1.29, 1.82) is 0 Å². The van der Waals surface area contributed by atoms with Crippen molar-refractivity contribution in [3.8, 4) is 0 Å². The lowest BCUT2D eigenvalue weighted by atomic mass is 9.85. The molecular weight excluding hydrogens is 200 g/mol. The van der Waals surface area contributed by atoms with Gasteiger partial charge in [-0.1, -0.05) is 6.42 Å². The Morgan fingerprint density at radius 3 is 2.50 bits per heavy atom. The van der Waals surface area contributed by atoms with E-state index in [0.717, 1.165) is 30.5 Å². The lowest BCUT2D eigenvalue weighted by Gasteiger charge is -2.31. The third-order valence-corrected chi connectivity index (χ3v) is 3.30. The SMILES string of the molecule is CCN(CC1CCC1)c1ncc(CN)cn1. The van der Waals surface area contributed by atoms with Crippen LogP contribution in [-0.2, 0) is 6.54 Å². The zero-order valence-electron chi connectivity index (χ0n) is 9.89. The van der Waals surface area contributed by atoms with Crippen molar-refractivity contribution in [2.75, 3.05) is 18.0 Å². The molecule has 1 aromatic heterocycles. The van der Waals surface area contributed by atoms with Crippen molar-refractivity contribution in [1.82, 2.24) is 9.97 Å². The Morgan fingerprint density at radius 2 is 2.06 bits per heavy atom. The van der Waals surface area contributed by atoms with Crippen LogP contribution in [-0.4, -0.2) is 23.1 Å². The van der Waals surface area contributed by atoms with Crippen molar-refractivity contribution in [2.45, 2.75) is 32.7 Å². The molecule has 1 fully saturated rings. The topological polar surface area (TPSA) is 55.0 Å². The lowest BCUT2D eigenvalue weighted by molar-refractivity contribution is 0.317. The molecule has 4 nitrogen and oxygen atoms in total. The molecule has 1 aromatic rings. The van der Waals surface area contributed by atoms with Crippen LogP contribution in [0.1, 0.15) is 31.7 Å². The number of aromatic nitrogens is 2. The maximum atomic E-state index is 5.53. The van der Waals surface area contributed by atoms with E-state index in [-0.39, 0.29) is 0 Å². The van der Waals surface area contributed by atoms with Crippen molar-refractivity contribution in [3.05, 3.63) is 18.0 Å². The maximum Gasteiger partial charge on any atom is 0.225 e. The molecule has 0 unspecified atom stereocenters. The predicted molar refractivity (Wildman–Crippen MR) is 65.2 cm³/mol. The summed E-state index contributed by atoms with van der Waals surface area (Å²) in [6, 6.07) is 0. The van der Waals surface area contributed by atoms with E-state index in [2.05, 4.69) is 21.8 Å². The Morgan fingerprint density at radius 1 is 1.38 bits per heavy atom. The van der Waals surface area contributed by atoms with Gasteiger partial charge in [0, 0.05) is 37.6 Å². The highest BCUT2D eigenvalue weighted by molar-refractivity contribution is 5.29. The zero-order valence-corrected chi connectivity index (χ0v) is 9.89. The quantitative estimate of drug-likeness (QED) is 0.818. The summed E-state index contributed by atoms with van der Waals surface area (Å²) in [5, 5.41) is 0. The fourth-order valence-corrected chi connectivity index (χ4v) is 1.96. The molecule has 0 bridgehead atoms. The smallest absolute Gasteiger partial charge is 0.225 e. The van der Waals surface area contributed by atoms with Crippen molar-refractivity contribution < 1.29 is 0 Å². The summed E-state index contributed by atoms with van der Waals surface area (Å²) < 4.78 is 0. The first-order chi connectivity index (χ1) is 7.83. The first-order valence-electron chi connectivity index (χ1n) is 6.09. The fraction of sp³-hybridized carbons (Fsp3) is 0.667. The molecule has 0 aromatic carbocycles.